The Bertz CT molecular complexity index is 898. The molecule has 4 aliphatic rings. The van der Waals surface area contributed by atoms with Crippen LogP contribution in [0, 0.1) is 35.5 Å². The third-order valence-electron chi connectivity index (χ3n) is 8.82. The lowest BCUT2D eigenvalue weighted by Crippen LogP contribution is -2.50. The van der Waals surface area contributed by atoms with Crippen LogP contribution in [0.5, 0.6) is 0 Å². The van der Waals surface area contributed by atoms with Crippen LogP contribution < -0.4 is 0 Å². The number of hydrogen-bond acceptors (Lipinski definition) is 4. The van der Waals surface area contributed by atoms with E-state index in [1.165, 1.54) is 48.1 Å². The van der Waals surface area contributed by atoms with E-state index in [4.69, 9.17) is 9.72 Å². The second-order valence-corrected chi connectivity index (χ2v) is 11.6. The van der Waals surface area contributed by atoms with Crippen molar-refractivity contribution in [2.75, 3.05) is 0 Å². The standard InChI is InChI=1S/C25H33NO2S/c1-15-14-26-23(29-15)22-8-7-20-19-6-5-17-13-18(28-16(2)27)9-11-24(17,3)21(19)10-12-25(20,22)4/h5,8,14,18-21H,6-7,9-13H2,1-4H3/t18-,19-,20-,21-,24-,25-/m0/s1. The summed E-state index contributed by atoms with van der Waals surface area (Å²) in [6, 6.07) is 0. The van der Waals surface area contributed by atoms with E-state index in [1.54, 1.807) is 5.57 Å². The summed E-state index contributed by atoms with van der Waals surface area (Å²) < 4.78 is 5.58. The fourth-order valence-electron chi connectivity index (χ4n) is 7.34. The summed E-state index contributed by atoms with van der Waals surface area (Å²) in [5.41, 5.74) is 3.67. The highest BCUT2D eigenvalue weighted by molar-refractivity contribution is 7.12. The highest BCUT2D eigenvalue weighted by atomic mass is 32.1. The third kappa shape index (κ3) is 2.97. The van der Waals surface area contributed by atoms with E-state index in [1.807, 2.05) is 17.5 Å². The van der Waals surface area contributed by atoms with Gasteiger partial charge in [-0.2, -0.15) is 0 Å². The number of hydrogen-bond donors (Lipinski definition) is 0. The lowest BCUT2D eigenvalue weighted by molar-refractivity contribution is -0.148. The largest absolute Gasteiger partial charge is 0.462 e. The van der Waals surface area contributed by atoms with Crippen molar-refractivity contribution in [2.45, 2.75) is 78.7 Å². The maximum Gasteiger partial charge on any atom is 0.302 e. The Labute approximate surface area is 178 Å². The summed E-state index contributed by atoms with van der Waals surface area (Å²) in [4.78, 5) is 17.5. The number of esters is 1. The van der Waals surface area contributed by atoms with Crippen molar-refractivity contribution in [3.63, 3.8) is 0 Å². The number of aromatic nitrogens is 1. The monoisotopic (exact) mass is 411 g/mol. The SMILES string of the molecule is CC(=O)O[C@H]1CC[C@@]2(C)C(=CC[C@@H]3[C@@H]2CC[C@]2(C)C(c4ncc(C)s4)=CC[C@@H]32)C1. The minimum Gasteiger partial charge on any atom is -0.462 e. The molecule has 0 bridgehead atoms. The first-order chi connectivity index (χ1) is 13.8. The van der Waals surface area contributed by atoms with Crippen LogP contribution in [0.1, 0.15) is 75.6 Å². The maximum atomic E-state index is 11.4. The number of rotatable bonds is 2. The van der Waals surface area contributed by atoms with Gasteiger partial charge < -0.3 is 4.74 Å². The number of carbonyl (C=O) groups excluding carboxylic acids is 1. The van der Waals surface area contributed by atoms with Gasteiger partial charge in [-0.05, 0) is 79.6 Å². The molecule has 5 rings (SSSR count). The first kappa shape index (κ1) is 19.5. The molecule has 1 heterocycles. The molecule has 0 N–H and O–H groups in total. The molecule has 0 aliphatic heterocycles. The van der Waals surface area contributed by atoms with Crippen LogP contribution in [0.25, 0.3) is 5.57 Å². The lowest BCUT2D eigenvalue weighted by Gasteiger charge is -2.57. The number of nitrogens with zero attached hydrogens (tertiary/aromatic N) is 1. The van der Waals surface area contributed by atoms with Crippen molar-refractivity contribution in [1.82, 2.24) is 4.98 Å². The molecular formula is C25H33NO2S. The quantitative estimate of drug-likeness (QED) is 0.421. The van der Waals surface area contributed by atoms with E-state index in [2.05, 4.69) is 32.9 Å². The van der Waals surface area contributed by atoms with E-state index in [9.17, 15) is 4.79 Å². The number of aryl methyl sites for hydroxylation is 1. The minimum atomic E-state index is -0.136. The molecule has 2 saturated carbocycles. The molecule has 1 aromatic rings. The van der Waals surface area contributed by atoms with E-state index < -0.39 is 0 Å². The molecule has 0 saturated heterocycles. The predicted octanol–water partition coefficient (Wildman–Crippen LogP) is 6.34. The van der Waals surface area contributed by atoms with Crippen LogP contribution >= 0.6 is 11.3 Å². The zero-order valence-corrected chi connectivity index (χ0v) is 19.0. The molecular weight excluding hydrogens is 378 g/mol. The molecule has 1 aromatic heterocycles. The minimum absolute atomic E-state index is 0.0881. The molecule has 0 radical (unpaired) electrons. The molecule has 0 unspecified atom stereocenters. The number of carbonyl (C=O) groups is 1. The fraction of sp³-hybridized carbons (Fsp3) is 0.680. The van der Waals surface area contributed by atoms with Crippen LogP contribution in [-0.2, 0) is 9.53 Å². The Hall–Kier alpha value is -1.42. The summed E-state index contributed by atoms with van der Waals surface area (Å²) in [7, 11) is 0. The van der Waals surface area contributed by atoms with Crippen LogP contribution in [0.3, 0.4) is 0 Å². The zero-order chi connectivity index (χ0) is 20.4. The van der Waals surface area contributed by atoms with Gasteiger partial charge in [-0.15, -0.1) is 11.3 Å². The van der Waals surface area contributed by atoms with Crippen LogP contribution in [0.15, 0.2) is 23.9 Å². The molecule has 2 fully saturated rings. The van der Waals surface area contributed by atoms with Gasteiger partial charge in [0.25, 0.3) is 0 Å². The maximum absolute atomic E-state index is 11.4. The summed E-state index contributed by atoms with van der Waals surface area (Å²) in [5.74, 6) is 2.14. The summed E-state index contributed by atoms with van der Waals surface area (Å²) in [6.07, 6.45) is 15.3. The van der Waals surface area contributed by atoms with E-state index in [0.717, 1.165) is 37.0 Å². The van der Waals surface area contributed by atoms with Crippen LogP contribution in [-0.4, -0.2) is 17.1 Å². The Balaban J connectivity index is 1.41. The molecule has 0 spiro atoms. The van der Waals surface area contributed by atoms with Gasteiger partial charge in [-0.25, -0.2) is 4.98 Å². The Morgan fingerprint density at radius 1 is 1.14 bits per heavy atom. The molecule has 156 valence electrons. The van der Waals surface area contributed by atoms with E-state index in [-0.39, 0.29) is 17.5 Å². The van der Waals surface area contributed by atoms with Gasteiger partial charge >= 0.3 is 5.97 Å². The van der Waals surface area contributed by atoms with Crippen LogP contribution in [0.2, 0.25) is 0 Å². The normalized spacial score (nSPS) is 41.0. The molecule has 6 atom stereocenters. The van der Waals surface area contributed by atoms with Crippen molar-refractivity contribution in [2.24, 2.45) is 28.6 Å². The number of thiazole rings is 1. The molecule has 0 amide bonds. The Morgan fingerprint density at radius 3 is 2.66 bits per heavy atom. The van der Waals surface area contributed by atoms with Gasteiger partial charge in [0.1, 0.15) is 11.1 Å². The van der Waals surface area contributed by atoms with Gasteiger partial charge in [0.05, 0.1) is 0 Å². The Morgan fingerprint density at radius 2 is 1.93 bits per heavy atom. The lowest BCUT2D eigenvalue weighted by atomic mass is 9.47. The van der Waals surface area contributed by atoms with Gasteiger partial charge in [0.2, 0.25) is 0 Å². The summed E-state index contributed by atoms with van der Waals surface area (Å²) in [5, 5.41) is 1.26. The molecule has 0 aromatic carbocycles. The van der Waals surface area contributed by atoms with Crippen LogP contribution in [0.4, 0.5) is 0 Å². The van der Waals surface area contributed by atoms with Crippen molar-refractivity contribution in [3.05, 3.63) is 33.8 Å². The van der Waals surface area contributed by atoms with E-state index >= 15 is 0 Å². The third-order valence-corrected chi connectivity index (χ3v) is 9.77. The molecule has 4 aliphatic carbocycles. The highest BCUT2D eigenvalue weighted by Crippen LogP contribution is 2.66. The molecule has 4 heteroatoms. The summed E-state index contributed by atoms with van der Waals surface area (Å²) in [6.45, 7) is 8.72. The predicted molar refractivity (Wildman–Crippen MR) is 117 cm³/mol. The fourth-order valence-corrected chi connectivity index (χ4v) is 8.28. The number of fused-ring (bicyclic) bond motifs is 5. The van der Waals surface area contributed by atoms with Crippen molar-refractivity contribution in [3.8, 4) is 0 Å². The van der Waals surface area contributed by atoms with Crippen molar-refractivity contribution < 1.29 is 9.53 Å². The first-order valence-electron chi connectivity index (χ1n) is 11.3. The van der Waals surface area contributed by atoms with Gasteiger partial charge in [0, 0.05) is 24.4 Å². The van der Waals surface area contributed by atoms with Crippen molar-refractivity contribution >= 4 is 22.9 Å². The number of ether oxygens (including phenoxy) is 1. The van der Waals surface area contributed by atoms with Crippen molar-refractivity contribution in [1.29, 1.82) is 0 Å². The molecule has 29 heavy (non-hydrogen) atoms. The highest BCUT2D eigenvalue weighted by Gasteiger charge is 2.57. The zero-order valence-electron chi connectivity index (χ0n) is 18.2. The molecule has 3 nitrogen and oxygen atoms in total. The smallest absolute Gasteiger partial charge is 0.302 e. The Kier molecular flexibility index (Phi) is 4.58. The van der Waals surface area contributed by atoms with Gasteiger partial charge in [-0.1, -0.05) is 31.6 Å². The topological polar surface area (TPSA) is 39.2 Å². The second-order valence-electron chi connectivity index (χ2n) is 10.3. The van der Waals surface area contributed by atoms with E-state index in [0.29, 0.717) is 5.41 Å². The van der Waals surface area contributed by atoms with Gasteiger partial charge in [0.15, 0.2) is 0 Å². The second kappa shape index (κ2) is 6.80. The average molecular weight is 412 g/mol. The summed E-state index contributed by atoms with van der Waals surface area (Å²) >= 11 is 1.86. The average Bonchev–Trinajstić information content (AvgIpc) is 3.24. The first-order valence-corrected chi connectivity index (χ1v) is 12.1. The number of allylic oxidation sites excluding steroid dienone is 3. The van der Waals surface area contributed by atoms with Gasteiger partial charge in [-0.3, -0.25) is 4.79 Å².